The number of ether oxygens (including phenoxy) is 1. The van der Waals surface area contributed by atoms with Gasteiger partial charge < -0.3 is 9.26 Å². The molecule has 6 nitrogen and oxygen atoms in total. The Bertz CT molecular complexity index is 757. The molecule has 0 unspecified atom stereocenters. The fourth-order valence-electron chi connectivity index (χ4n) is 1.83. The molecule has 0 aliphatic heterocycles. The fraction of sp³-hybridized carbons (Fsp3) is 0.200. The Morgan fingerprint density at radius 1 is 1.14 bits per heavy atom. The Balaban J connectivity index is 1.83. The van der Waals surface area contributed by atoms with Crippen LogP contribution in [0.25, 0.3) is 11.5 Å². The molecule has 0 radical (unpaired) electrons. The van der Waals surface area contributed by atoms with Crippen LogP contribution in [0.3, 0.4) is 0 Å². The summed E-state index contributed by atoms with van der Waals surface area (Å²) in [4.78, 5) is 12.4. The monoisotopic (exact) mass is 300 g/mol. The maximum atomic E-state index is 12.9. The number of benzene rings is 1. The highest BCUT2D eigenvalue weighted by atomic mass is 19.1. The van der Waals surface area contributed by atoms with E-state index in [-0.39, 0.29) is 11.7 Å². The van der Waals surface area contributed by atoms with E-state index in [1.165, 1.54) is 24.3 Å². The summed E-state index contributed by atoms with van der Waals surface area (Å²) in [6, 6.07) is 5.72. The van der Waals surface area contributed by atoms with Crippen LogP contribution in [0, 0.1) is 5.82 Å². The Morgan fingerprint density at radius 2 is 1.91 bits per heavy atom. The first kappa shape index (κ1) is 14.1. The number of halogens is 1. The first-order valence-corrected chi connectivity index (χ1v) is 6.60. The van der Waals surface area contributed by atoms with Gasteiger partial charge in [-0.3, -0.25) is 4.98 Å². The predicted molar refractivity (Wildman–Crippen MR) is 75.4 cm³/mol. The highest BCUT2D eigenvalue weighted by molar-refractivity contribution is 5.45. The first-order chi connectivity index (χ1) is 10.5. The van der Waals surface area contributed by atoms with Gasteiger partial charge in [0.05, 0.1) is 6.20 Å². The van der Waals surface area contributed by atoms with Crippen LogP contribution in [-0.4, -0.2) is 20.1 Å². The number of hydrogen-bond donors (Lipinski definition) is 0. The van der Waals surface area contributed by atoms with Gasteiger partial charge in [0.2, 0.25) is 5.82 Å². The van der Waals surface area contributed by atoms with E-state index in [0.717, 1.165) is 0 Å². The van der Waals surface area contributed by atoms with Crippen LogP contribution in [0.15, 0.2) is 47.4 Å². The highest BCUT2D eigenvalue weighted by Crippen LogP contribution is 2.27. The lowest BCUT2D eigenvalue weighted by atomic mass is 10.1. The van der Waals surface area contributed by atoms with Gasteiger partial charge in [0, 0.05) is 12.4 Å². The van der Waals surface area contributed by atoms with Crippen molar-refractivity contribution < 1.29 is 13.7 Å². The smallest absolute Gasteiger partial charge is 0.270 e. The third-order valence-corrected chi connectivity index (χ3v) is 2.92. The zero-order valence-corrected chi connectivity index (χ0v) is 12.0. The lowest BCUT2D eigenvalue weighted by Gasteiger charge is -2.22. The van der Waals surface area contributed by atoms with Gasteiger partial charge in [-0.2, -0.15) is 4.98 Å². The second kappa shape index (κ2) is 5.51. The standard InChI is InChI=1S/C15H13FN4O2/c1-15(2,21-11-5-3-10(16)4-6-11)14-19-13(20-22-14)12-9-17-7-8-18-12/h3-9H,1-2H3. The van der Waals surface area contributed by atoms with Crippen molar-refractivity contribution in [3.8, 4) is 17.3 Å². The van der Waals surface area contributed by atoms with Gasteiger partial charge in [-0.05, 0) is 38.1 Å². The highest BCUT2D eigenvalue weighted by Gasteiger charge is 2.30. The van der Waals surface area contributed by atoms with Crippen LogP contribution in [-0.2, 0) is 5.60 Å². The summed E-state index contributed by atoms with van der Waals surface area (Å²) >= 11 is 0. The lowest BCUT2D eigenvalue weighted by Crippen LogP contribution is -2.25. The SMILES string of the molecule is CC(C)(Oc1ccc(F)cc1)c1nc(-c2cnccn2)no1. The summed E-state index contributed by atoms with van der Waals surface area (Å²) in [5.74, 6) is 0.801. The number of rotatable bonds is 4. The van der Waals surface area contributed by atoms with Crippen LogP contribution in [0.4, 0.5) is 4.39 Å². The summed E-state index contributed by atoms with van der Waals surface area (Å²) < 4.78 is 24.0. The molecule has 0 aliphatic carbocycles. The van der Waals surface area contributed by atoms with Gasteiger partial charge in [0.25, 0.3) is 5.89 Å². The van der Waals surface area contributed by atoms with Gasteiger partial charge in [-0.25, -0.2) is 9.37 Å². The summed E-state index contributed by atoms with van der Waals surface area (Å²) in [6.45, 7) is 3.56. The zero-order valence-electron chi connectivity index (χ0n) is 12.0. The largest absolute Gasteiger partial charge is 0.478 e. The Kier molecular flexibility index (Phi) is 3.54. The first-order valence-electron chi connectivity index (χ1n) is 6.60. The van der Waals surface area contributed by atoms with Crippen LogP contribution in [0.5, 0.6) is 5.75 Å². The van der Waals surface area contributed by atoms with Gasteiger partial charge in [-0.1, -0.05) is 5.16 Å². The molecule has 2 heterocycles. The van der Waals surface area contributed by atoms with Crippen molar-refractivity contribution >= 4 is 0 Å². The molecule has 22 heavy (non-hydrogen) atoms. The molecule has 112 valence electrons. The van der Waals surface area contributed by atoms with E-state index in [1.54, 1.807) is 32.4 Å². The molecule has 2 aromatic heterocycles. The second-order valence-corrected chi connectivity index (χ2v) is 5.08. The van der Waals surface area contributed by atoms with E-state index in [2.05, 4.69) is 20.1 Å². The lowest BCUT2D eigenvalue weighted by molar-refractivity contribution is 0.0691. The van der Waals surface area contributed by atoms with E-state index in [0.29, 0.717) is 17.3 Å². The van der Waals surface area contributed by atoms with Gasteiger partial charge >= 0.3 is 0 Å². The average Bonchev–Trinajstić information content (AvgIpc) is 3.01. The van der Waals surface area contributed by atoms with Crippen molar-refractivity contribution in [2.75, 3.05) is 0 Å². The van der Waals surface area contributed by atoms with Gasteiger partial charge in [-0.15, -0.1) is 0 Å². The Labute approximate surface area is 126 Å². The van der Waals surface area contributed by atoms with Crippen molar-refractivity contribution in [1.29, 1.82) is 0 Å². The van der Waals surface area contributed by atoms with Crippen molar-refractivity contribution in [2.45, 2.75) is 19.4 Å². The van der Waals surface area contributed by atoms with Crippen LogP contribution < -0.4 is 4.74 Å². The second-order valence-electron chi connectivity index (χ2n) is 5.08. The fourth-order valence-corrected chi connectivity index (χ4v) is 1.83. The molecule has 0 fully saturated rings. The van der Waals surface area contributed by atoms with Crippen molar-refractivity contribution in [3.63, 3.8) is 0 Å². The molecular formula is C15H13FN4O2. The summed E-state index contributed by atoms with van der Waals surface area (Å²) in [6.07, 6.45) is 4.65. The van der Waals surface area contributed by atoms with E-state index in [4.69, 9.17) is 9.26 Å². The van der Waals surface area contributed by atoms with E-state index >= 15 is 0 Å². The topological polar surface area (TPSA) is 73.9 Å². The molecule has 3 rings (SSSR count). The number of nitrogens with zero attached hydrogens (tertiary/aromatic N) is 4. The van der Waals surface area contributed by atoms with Crippen molar-refractivity contribution in [3.05, 3.63) is 54.6 Å². The summed E-state index contributed by atoms with van der Waals surface area (Å²) in [5, 5.41) is 3.88. The maximum absolute atomic E-state index is 12.9. The van der Waals surface area contributed by atoms with Crippen LogP contribution in [0.2, 0.25) is 0 Å². The van der Waals surface area contributed by atoms with E-state index in [1.807, 2.05) is 0 Å². The molecule has 0 saturated carbocycles. The predicted octanol–water partition coefficient (Wildman–Crippen LogP) is 2.98. The normalized spacial score (nSPS) is 11.4. The Hall–Kier alpha value is -2.83. The minimum Gasteiger partial charge on any atom is -0.478 e. The zero-order chi connectivity index (χ0) is 15.6. The molecule has 0 spiro atoms. The molecule has 0 N–H and O–H groups in total. The quantitative estimate of drug-likeness (QED) is 0.737. The van der Waals surface area contributed by atoms with Crippen LogP contribution in [0.1, 0.15) is 19.7 Å². The third kappa shape index (κ3) is 2.93. The summed E-state index contributed by atoms with van der Waals surface area (Å²) in [5.41, 5.74) is -0.360. The molecule has 0 aliphatic rings. The molecule has 0 saturated heterocycles. The average molecular weight is 300 g/mol. The van der Waals surface area contributed by atoms with Gasteiger partial charge in [0.15, 0.2) is 5.60 Å². The van der Waals surface area contributed by atoms with E-state index < -0.39 is 5.60 Å². The van der Waals surface area contributed by atoms with Crippen LogP contribution >= 0.6 is 0 Å². The number of aromatic nitrogens is 4. The molecular weight excluding hydrogens is 287 g/mol. The maximum Gasteiger partial charge on any atom is 0.270 e. The van der Waals surface area contributed by atoms with E-state index in [9.17, 15) is 4.39 Å². The van der Waals surface area contributed by atoms with Crippen molar-refractivity contribution in [1.82, 2.24) is 20.1 Å². The van der Waals surface area contributed by atoms with Crippen molar-refractivity contribution in [2.24, 2.45) is 0 Å². The van der Waals surface area contributed by atoms with Gasteiger partial charge in [0.1, 0.15) is 17.3 Å². The number of hydrogen-bond acceptors (Lipinski definition) is 6. The molecule has 0 amide bonds. The minimum absolute atomic E-state index is 0.289. The molecule has 7 heteroatoms. The molecule has 0 bridgehead atoms. The molecule has 3 aromatic rings. The molecule has 1 aromatic carbocycles. The third-order valence-electron chi connectivity index (χ3n) is 2.92. The Morgan fingerprint density at radius 3 is 2.59 bits per heavy atom. The molecule has 0 atom stereocenters. The minimum atomic E-state index is -0.870. The summed E-state index contributed by atoms with van der Waals surface area (Å²) in [7, 11) is 0.